The molecule has 0 bridgehead atoms. The Bertz CT molecular complexity index is 391. The molecule has 0 aliphatic heterocycles. The Morgan fingerprint density at radius 1 is 1.53 bits per heavy atom. The van der Waals surface area contributed by atoms with E-state index in [0.717, 1.165) is 12.0 Å². The van der Waals surface area contributed by atoms with E-state index in [0.29, 0.717) is 17.9 Å². The fourth-order valence-corrected chi connectivity index (χ4v) is 1.59. The van der Waals surface area contributed by atoms with Gasteiger partial charge in [0.1, 0.15) is 5.75 Å². The highest BCUT2D eigenvalue weighted by atomic mass is 16.5. The van der Waals surface area contributed by atoms with Gasteiger partial charge in [-0.25, -0.2) is 0 Å². The van der Waals surface area contributed by atoms with Crippen molar-refractivity contribution < 1.29 is 9.53 Å². The summed E-state index contributed by atoms with van der Waals surface area (Å²) in [5.74, 6) is 0.475. The standard InChI is InChI=1S/C13H20N2O2/c1-4-5-10(14)13(16)15-11-8-9(2)6-7-12(11)17-3/h6-8,10H,4-5,14H2,1-3H3,(H,15,16). The molecule has 0 aromatic heterocycles. The van der Waals surface area contributed by atoms with Crippen LogP contribution in [0.4, 0.5) is 5.69 Å². The first-order valence-corrected chi connectivity index (χ1v) is 5.79. The molecule has 1 aromatic rings. The van der Waals surface area contributed by atoms with Crippen LogP contribution in [0.5, 0.6) is 5.75 Å². The molecule has 17 heavy (non-hydrogen) atoms. The van der Waals surface area contributed by atoms with Crippen LogP contribution in [0.3, 0.4) is 0 Å². The van der Waals surface area contributed by atoms with E-state index in [1.165, 1.54) is 0 Å². The number of methoxy groups -OCH3 is 1. The van der Waals surface area contributed by atoms with Gasteiger partial charge in [0.2, 0.25) is 5.91 Å². The van der Waals surface area contributed by atoms with Gasteiger partial charge in [0.25, 0.3) is 0 Å². The molecule has 4 heteroatoms. The number of benzene rings is 1. The van der Waals surface area contributed by atoms with E-state index >= 15 is 0 Å². The van der Waals surface area contributed by atoms with Crippen molar-refractivity contribution >= 4 is 11.6 Å². The highest BCUT2D eigenvalue weighted by molar-refractivity contribution is 5.96. The maximum atomic E-state index is 11.8. The van der Waals surface area contributed by atoms with Crippen LogP contribution >= 0.6 is 0 Å². The summed E-state index contributed by atoms with van der Waals surface area (Å²) in [6, 6.07) is 5.16. The molecule has 4 nitrogen and oxygen atoms in total. The summed E-state index contributed by atoms with van der Waals surface area (Å²) < 4.78 is 5.19. The monoisotopic (exact) mass is 236 g/mol. The molecular weight excluding hydrogens is 216 g/mol. The maximum Gasteiger partial charge on any atom is 0.241 e. The van der Waals surface area contributed by atoms with Crippen molar-refractivity contribution in [2.75, 3.05) is 12.4 Å². The van der Waals surface area contributed by atoms with E-state index in [9.17, 15) is 4.79 Å². The Kier molecular flexibility index (Phi) is 4.97. The molecule has 0 spiro atoms. The molecule has 1 amide bonds. The number of amides is 1. The molecule has 3 N–H and O–H groups in total. The maximum absolute atomic E-state index is 11.8. The molecule has 1 rings (SSSR count). The highest BCUT2D eigenvalue weighted by Crippen LogP contribution is 2.25. The zero-order valence-electron chi connectivity index (χ0n) is 10.6. The second-order valence-electron chi connectivity index (χ2n) is 4.09. The van der Waals surface area contributed by atoms with Gasteiger partial charge in [0.15, 0.2) is 0 Å². The molecular formula is C13H20N2O2. The molecule has 1 atom stereocenters. The lowest BCUT2D eigenvalue weighted by atomic mass is 10.1. The van der Waals surface area contributed by atoms with Crippen molar-refractivity contribution in [1.29, 1.82) is 0 Å². The number of hydrogen-bond donors (Lipinski definition) is 2. The van der Waals surface area contributed by atoms with Gasteiger partial charge in [-0.1, -0.05) is 19.4 Å². The summed E-state index contributed by atoms with van der Waals surface area (Å²) in [6.07, 6.45) is 1.57. The quantitative estimate of drug-likeness (QED) is 0.822. The van der Waals surface area contributed by atoms with Crippen LogP contribution in [0.1, 0.15) is 25.3 Å². The number of carbonyl (C=O) groups excluding carboxylic acids is 1. The van der Waals surface area contributed by atoms with E-state index in [2.05, 4.69) is 5.32 Å². The van der Waals surface area contributed by atoms with Crippen molar-refractivity contribution in [3.8, 4) is 5.75 Å². The van der Waals surface area contributed by atoms with Crippen molar-refractivity contribution in [3.63, 3.8) is 0 Å². The molecule has 0 radical (unpaired) electrons. The predicted molar refractivity (Wildman–Crippen MR) is 69.2 cm³/mol. The van der Waals surface area contributed by atoms with Gasteiger partial charge in [-0.05, 0) is 31.0 Å². The Morgan fingerprint density at radius 3 is 2.82 bits per heavy atom. The summed E-state index contributed by atoms with van der Waals surface area (Å²) in [5, 5.41) is 2.80. The van der Waals surface area contributed by atoms with Crippen LogP contribution in [0, 0.1) is 6.92 Å². The zero-order valence-corrected chi connectivity index (χ0v) is 10.6. The van der Waals surface area contributed by atoms with Crippen LogP contribution in [0.25, 0.3) is 0 Å². The summed E-state index contributed by atoms with van der Waals surface area (Å²) in [5.41, 5.74) is 7.48. The third-order valence-corrected chi connectivity index (χ3v) is 2.55. The van der Waals surface area contributed by atoms with Crippen molar-refractivity contribution in [2.45, 2.75) is 32.7 Å². The average Bonchev–Trinajstić information content (AvgIpc) is 2.29. The lowest BCUT2D eigenvalue weighted by Crippen LogP contribution is -2.35. The van der Waals surface area contributed by atoms with Gasteiger partial charge in [-0.2, -0.15) is 0 Å². The lowest BCUT2D eigenvalue weighted by Gasteiger charge is -2.14. The summed E-state index contributed by atoms with van der Waals surface area (Å²) in [6.45, 7) is 3.96. The zero-order chi connectivity index (χ0) is 12.8. The molecule has 0 saturated heterocycles. The Morgan fingerprint density at radius 2 is 2.24 bits per heavy atom. The number of rotatable bonds is 5. The van der Waals surface area contributed by atoms with Crippen LogP contribution < -0.4 is 15.8 Å². The molecule has 0 saturated carbocycles. The smallest absolute Gasteiger partial charge is 0.241 e. The SMILES string of the molecule is CCCC(N)C(=O)Nc1cc(C)ccc1OC. The van der Waals surface area contributed by atoms with Gasteiger partial charge < -0.3 is 15.8 Å². The van der Waals surface area contributed by atoms with E-state index in [1.807, 2.05) is 32.0 Å². The van der Waals surface area contributed by atoms with Crippen molar-refractivity contribution in [2.24, 2.45) is 5.73 Å². The molecule has 1 aromatic carbocycles. The first-order chi connectivity index (χ1) is 8.08. The summed E-state index contributed by atoms with van der Waals surface area (Å²) >= 11 is 0. The molecule has 0 heterocycles. The van der Waals surface area contributed by atoms with E-state index in [1.54, 1.807) is 7.11 Å². The van der Waals surface area contributed by atoms with Crippen molar-refractivity contribution in [3.05, 3.63) is 23.8 Å². The number of nitrogens with one attached hydrogen (secondary N) is 1. The third kappa shape index (κ3) is 3.75. The van der Waals surface area contributed by atoms with Gasteiger partial charge in [0, 0.05) is 0 Å². The molecule has 1 unspecified atom stereocenters. The predicted octanol–water partition coefficient (Wildman–Crippen LogP) is 2.07. The van der Waals surface area contributed by atoms with E-state index < -0.39 is 6.04 Å². The number of carbonyl (C=O) groups is 1. The lowest BCUT2D eigenvalue weighted by molar-refractivity contribution is -0.117. The Hall–Kier alpha value is -1.55. The number of hydrogen-bond acceptors (Lipinski definition) is 3. The molecule has 0 fully saturated rings. The van der Waals surface area contributed by atoms with Crippen LogP contribution in [-0.2, 0) is 4.79 Å². The minimum absolute atomic E-state index is 0.171. The average molecular weight is 236 g/mol. The van der Waals surface area contributed by atoms with Crippen LogP contribution in [0.15, 0.2) is 18.2 Å². The Balaban J connectivity index is 2.79. The molecule has 0 aliphatic rings. The molecule has 94 valence electrons. The van der Waals surface area contributed by atoms with Gasteiger partial charge >= 0.3 is 0 Å². The normalized spacial score (nSPS) is 12.0. The van der Waals surface area contributed by atoms with Crippen LogP contribution in [-0.4, -0.2) is 19.1 Å². The molecule has 0 aliphatic carbocycles. The van der Waals surface area contributed by atoms with E-state index in [-0.39, 0.29) is 5.91 Å². The first-order valence-electron chi connectivity index (χ1n) is 5.79. The fourth-order valence-electron chi connectivity index (χ4n) is 1.59. The number of ether oxygens (including phenoxy) is 1. The fraction of sp³-hybridized carbons (Fsp3) is 0.462. The second-order valence-corrected chi connectivity index (χ2v) is 4.09. The minimum atomic E-state index is -0.467. The number of anilines is 1. The van der Waals surface area contributed by atoms with Gasteiger partial charge in [-0.15, -0.1) is 0 Å². The summed E-state index contributed by atoms with van der Waals surface area (Å²) in [7, 11) is 1.58. The number of aryl methyl sites for hydroxylation is 1. The van der Waals surface area contributed by atoms with E-state index in [4.69, 9.17) is 10.5 Å². The second kappa shape index (κ2) is 6.25. The topological polar surface area (TPSA) is 64.4 Å². The van der Waals surface area contributed by atoms with Crippen molar-refractivity contribution in [1.82, 2.24) is 0 Å². The summed E-state index contributed by atoms with van der Waals surface area (Å²) in [4.78, 5) is 11.8. The third-order valence-electron chi connectivity index (χ3n) is 2.55. The minimum Gasteiger partial charge on any atom is -0.495 e. The van der Waals surface area contributed by atoms with Gasteiger partial charge in [-0.3, -0.25) is 4.79 Å². The van der Waals surface area contributed by atoms with Crippen LogP contribution in [0.2, 0.25) is 0 Å². The first kappa shape index (κ1) is 13.5. The largest absolute Gasteiger partial charge is 0.495 e. The number of nitrogens with two attached hydrogens (primary N) is 1. The van der Waals surface area contributed by atoms with Gasteiger partial charge in [0.05, 0.1) is 18.8 Å². The Labute approximate surface area is 102 Å². The highest BCUT2D eigenvalue weighted by Gasteiger charge is 2.14.